The molecule has 1 aromatic rings. The van der Waals surface area contributed by atoms with Crippen molar-refractivity contribution < 1.29 is 28.5 Å². The van der Waals surface area contributed by atoms with Crippen molar-refractivity contribution in [1.82, 2.24) is 5.32 Å². The average molecular weight is 457 g/mol. The van der Waals surface area contributed by atoms with Crippen molar-refractivity contribution in [2.45, 2.75) is 40.5 Å². The summed E-state index contributed by atoms with van der Waals surface area (Å²) in [6.07, 6.45) is 1.95. The smallest absolute Gasteiger partial charge is 0.306 e. The highest BCUT2D eigenvalue weighted by molar-refractivity contribution is 5.84. The summed E-state index contributed by atoms with van der Waals surface area (Å²) in [5, 5.41) is 2.90. The molecule has 0 bridgehead atoms. The van der Waals surface area contributed by atoms with Crippen LogP contribution in [0.3, 0.4) is 0 Å². The number of hydrogen-bond acceptors (Lipinski definition) is 7. The van der Waals surface area contributed by atoms with Gasteiger partial charge < -0.3 is 30.0 Å². The van der Waals surface area contributed by atoms with Gasteiger partial charge in [0.2, 0.25) is 5.91 Å². The van der Waals surface area contributed by atoms with Gasteiger partial charge in [-0.1, -0.05) is 45.2 Å². The van der Waals surface area contributed by atoms with E-state index in [1.54, 1.807) is 7.11 Å². The summed E-state index contributed by atoms with van der Waals surface area (Å²) < 4.78 is 20.8. The van der Waals surface area contributed by atoms with Crippen LogP contribution in [0.15, 0.2) is 30.3 Å². The molecule has 0 aromatic heterocycles. The summed E-state index contributed by atoms with van der Waals surface area (Å²) in [5.74, 6) is -1.06. The van der Waals surface area contributed by atoms with Crippen molar-refractivity contribution in [2.24, 2.45) is 11.7 Å². The van der Waals surface area contributed by atoms with Gasteiger partial charge in [0, 0.05) is 26.9 Å². The average Bonchev–Trinajstić information content (AvgIpc) is 2.75. The summed E-state index contributed by atoms with van der Waals surface area (Å²) in [6, 6.07) is 9.64. The van der Waals surface area contributed by atoms with Gasteiger partial charge in [-0.3, -0.25) is 9.59 Å². The zero-order valence-electron chi connectivity index (χ0n) is 18.0. The van der Waals surface area contributed by atoms with Crippen LogP contribution in [-0.2, 0) is 35.0 Å². The van der Waals surface area contributed by atoms with Gasteiger partial charge in [-0.2, -0.15) is 0 Å². The van der Waals surface area contributed by atoms with Gasteiger partial charge in [0.15, 0.2) is 0 Å². The Balaban J connectivity index is 0. The molecule has 1 rings (SSSR count). The van der Waals surface area contributed by atoms with E-state index < -0.39 is 11.9 Å². The molecule has 1 amide bonds. The molecule has 3 N–H and O–H groups in total. The van der Waals surface area contributed by atoms with Gasteiger partial charge in [0.05, 0.1) is 32.2 Å². The second kappa shape index (κ2) is 22.2. The molecule has 0 heterocycles. The van der Waals surface area contributed by atoms with Gasteiger partial charge in [-0.05, 0) is 31.4 Å². The number of amides is 1. The van der Waals surface area contributed by atoms with Crippen LogP contribution >= 0.6 is 0 Å². The standard InChI is InChI=1S/C22H36N2O6.2CH4/c1-27-13-14-29-12-6-10-24-22(26)20(17-19-7-3-2-4-8-19)18-21(25)30-16-15-28-11-5-9-23;;/h2-4,7-8,20H,5-6,9-18,23H2,1H3,(H,24,26);2*1H4. The maximum absolute atomic E-state index is 12.7. The Hall–Kier alpha value is -2.00. The van der Waals surface area contributed by atoms with E-state index in [1.807, 2.05) is 30.3 Å². The molecule has 0 aliphatic carbocycles. The Morgan fingerprint density at radius 2 is 1.59 bits per heavy atom. The van der Waals surface area contributed by atoms with E-state index >= 15 is 0 Å². The quantitative estimate of drug-likeness (QED) is 0.258. The summed E-state index contributed by atoms with van der Waals surface area (Å²) >= 11 is 0. The SMILES string of the molecule is C.C.COCCOCCCNC(=O)C(CC(=O)OCCOCCCN)Cc1ccccc1. The maximum Gasteiger partial charge on any atom is 0.306 e. The summed E-state index contributed by atoms with van der Waals surface area (Å²) in [7, 11) is 1.62. The lowest BCUT2D eigenvalue weighted by Gasteiger charge is -2.17. The molecule has 1 unspecified atom stereocenters. The van der Waals surface area contributed by atoms with Gasteiger partial charge >= 0.3 is 5.97 Å². The first-order valence-electron chi connectivity index (χ1n) is 10.5. The number of carbonyl (C=O) groups excluding carboxylic acids is 2. The number of hydrogen-bond donors (Lipinski definition) is 2. The Bertz CT molecular complexity index is 571. The van der Waals surface area contributed by atoms with Crippen molar-refractivity contribution in [3.63, 3.8) is 0 Å². The van der Waals surface area contributed by atoms with Crippen LogP contribution in [-0.4, -0.2) is 71.7 Å². The molecule has 0 aliphatic rings. The first-order chi connectivity index (χ1) is 14.7. The topological polar surface area (TPSA) is 109 Å². The van der Waals surface area contributed by atoms with Crippen LogP contribution in [0, 0.1) is 5.92 Å². The van der Waals surface area contributed by atoms with Crippen molar-refractivity contribution >= 4 is 11.9 Å². The number of nitrogens with two attached hydrogens (primary N) is 1. The molecule has 0 spiro atoms. The normalized spacial score (nSPS) is 11.1. The van der Waals surface area contributed by atoms with E-state index in [0.717, 1.165) is 12.0 Å². The predicted octanol–water partition coefficient (Wildman–Crippen LogP) is 2.59. The van der Waals surface area contributed by atoms with Crippen LogP contribution in [0.5, 0.6) is 0 Å². The molecule has 1 atom stereocenters. The highest BCUT2D eigenvalue weighted by Crippen LogP contribution is 2.14. The molecule has 0 saturated carbocycles. The largest absolute Gasteiger partial charge is 0.463 e. The zero-order valence-corrected chi connectivity index (χ0v) is 18.0. The van der Waals surface area contributed by atoms with Crippen molar-refractivity contribution in [3.8, 4) is 0 Å². The maximum atomic E-state index is 12.7. The number of benzene rings is 1. The minimum absolute atomic E-state index is 0. The second-order valence-electron chi connectivity index (χ2n) is 6.82. The molecule has 186 valence electrons. The predicted molar refractivity (Wildman–Crippen MR) is 127 cm³/mol. The molecule has 8 heteroatoms. The second-order valence-corrected chi connectivity index (χ2v) is 6.82. The first-order valence-corrected chi connectivity index (χ1v) is 10.5. The number of esters is 1. The fraction of sp³-hybridized carbons (Fsp3) is 0.667. The van der Waals surface area contributed by atoms with Crippen LogP contribution < -0.4 is 11.1 Å². The van der Waals surface area contributed by atoms with Crippen molar-refractivity contribution in [1.29, 1.82) is 0 Å². The minimum atomic E-state index is -0.493. The molecule has 32 heavy (non-hydrogen) atoms. The number of methoxy groups -OCH3 is 1. The third-order valence-electron chi connectivity index (χ3n) is 4.29. The van der Waals surface area contributed by atoms with Gasteiger partial charge in [0.1, 0.15) is 6.61 Å². The lowest BCUT2D eigenvalue weighted by Crippen LogP contribution is -2.34. The molecule has 0 aliphatic heterocycles. The van der Waals surface area contributed by atoms with Crippen LogP contribution in [0.25, 0.3) is 0 Å². The summed E-state index contributed by atoms with van der Waals surface area (Å²) in [4.78, 5) is 24.9. The van der Waals surface area contributed by atoms with Gasteiger partial charge in [-0.15, -0.1) is 0 Å². The molecular formula is C24H44N2O6. The molecule has 0 fully saturated rings. The van der Waals surface area contributed by atoms with Crippen molar-refractivity contribution in [2.75, 3.05) is 59.8 Å². The molecule has 8 nitrogen and oxygen atoms in total. The highest BCUT2D eigenvalue weighted by atomic mass is 16.6. The number of ether oxygens (including phenoxy) is 4. The Morgan fingerprint density at radius 1 is 0.938 bits per heavy atom. The lowest BCUT2D eigenvalue weighted by molar-refractivity contribution is -0.148. The van der Waals surface area contributed by atoms with E-state index in [9.17, 15) is 9.59 Å². The van der Waals surface area contributed by atoms with E-state index in [-0.39, 0.29) is 33.8 Å². The van der Waals surface area contributed by atoms with Gasteiger partial charge in [-0.25, -0.2) is 0 Å². The Kier molecular flexibility index (Phi) is 22.3. The Morgan fingerprint density at radius 3 is 2.25 bits per heavy atom. The first kappa shape index (κ1) is 32.2. The van der Waals surface area contributed by atoms with Crippen LogP contribution in [0.2, 0.25) is 0 Å². The van der Waals surface area contributed by atoms with E-state index in [2.05, 4.69) is 5.32 Å². The molecular weight excluding hydrogens is 412 g/mol. The summed E-state index contributed by atoms with van der Waals surface area (Å²) in [6.45, 7) is 3.71. The minimum Gasteiger partial charge on any atom is -0.463 e. The number of nitrogens with one attached hydrogen (secondary N) is 1. The highest BCUT2D eigenvalue weighted by Gasteiger charge is 2.23. The fourth-order valence-corrected chi connectivity index (χ4v) is 2.69. The van der Waals surface area contributed by atoms with E-state index in [0.29, 0.717) is 59.0 Å². The molecule has 1 aromatic carbocycles. The van der Waals surface area contributed by atoms with E-state index in [4.69, 9.17) is 24.7 Å². The third-order valence-corrected chi connectivity index (χ3v) is 4.29. The van der Waals surface area contributed by atoms with Crippen LogP contribution in [0.4, 0.5) is 0 Å². The van der Waals surface area contributed by atoms with Crippen LogP contribution in [0.1, 0.15) is 39.7 Å². The number of rotatable bonds is 18. The van der Waals surface area contributed by atoms with Crippen molar-refractivity contribution in [3.05, 3.63) is 35.9 Å². The lowest BCUT2D eigenvalue weighted by atomic mass is 9.95. The third kappa shape index (κ3) is 16.7. The molecule has 0 saturated heterocycles. The Labute approximate surface area is 194 Å². The monoisotopic (exact) mass is 456 g/mol. The van der Waals surface area contributed by atoms with Gasteiger partial charge in [0.25, 0.3) is 0 Å². The molecule has 0 radical (unpaired) electrons. The summed E-state index contributed by atoms with van der Waals surface area (Å²) in [5.41, 5.74) is 6.39. The van der Waals surface area contributed by atoms with E-state index in [1.165, 1.54) is 0 Å². The fourth-order valence-electron chi connectivity index (χ4n) is 2.69. The zero-order chi connectivity index (χ0) is 21.9. The number of carbonyl (C=O) groups is 2.